The van der Waals surface area contributed by atoms with Crippen LogP contribution in [0.4, 0.5) is 5.82 Å². The highest BCUT2D eigenvalue weighted by Gasteiger charge is 2.16. The Labute approximate surface area is 96.4 Å². The summed E-state index contributed by atoms with van der Waals surface area (Å²) in [6.07, 6.45) is 0. The van der Waals surface area contributed by atoms with Crippen molar-refractivity contribution in [2.75, 3.05) is 5.32 Å². The molecule has 1 atom stereocenters. The smallest absolute Gasteiger partial charge is 0.353 e. The fraction of sp³-hybridized carbons (Fsp3) is 0.333. The number of amides is 2. The van der Waals surface area contributed by atoms with Crippen LogP contribution in [0, 0.1) is 0 Å². The molecule has 1 rings (SSSR count). The number of carboxylic acids is 1. The summed E-state index contributed by atoms with van der Waals surface area (Å²) in [5.41, 5.74) is -0.132. The first-order valence-electron chi connectivity index (χ1n) is 4.77. The molecule has 0 spiro atoms. The molecule has 0 aromatic carbocycles. The maximum absolute atomic E-state index is 11.5. The molecule has 0 aliphatic carbocycles. The van der Waals surface area contributed by atoms with Gasteiger partial charge in [0.1, 0.15) is 11.7 Å². The second-order valence-electron chi connectivity index (χ2n) is 3.38. The third-order valence-electron chi connectivity index (χ3n) is 1.87. The van der Waals surface area contributed by atoms with Gasteiger partial charge in [0.15, 0.2) is 5.82 Å². The largest absolute Gasteiger partial charge is 0.477 e. The summed E-state index contributed by atoms with van der Waals surface area (Å²) in [6, 6.07) is 0.457. The van der Waals surface area contributed by atoms with E-state index in [2.05, 4.69) is 20.8 Å². The monoisotopic (exact) mass is 240 g/mol. The van der Waals surface area contributed by atoms with E-state index >= 15 is 0 Å². The van der Waals surface area contributed by atoms with Crippen molar-refractivity contribution < 1.29 is 19.5 Å². The van der Waals surface area contributed by atoms with Crippen molar-refractivity contribution >= 4 is 23.6 Å². The van der Waals surface area contributed by atoms with E-state index in [1.165, 1.54) is 19.9 Å². The van der Waals surface area contributed by atoms with Gasteiger partial charge in [-0.15, -0.1) is 0 Å². The van der Waals surface area contributed by atoms with Crippen molar-refractivity contribution in [3.63, 3.8) is 0 Å². The second kappa shape index (κ2) is 5.10. The van der Waals surface area contributed by atoms with E-state index in [9.17, 15) is 14.4 Å². The summed E-state index contributed by atoms with van der Waals surface area (Å²) < 4.78 is 0. The van der Waals surface area contributed by atoms with Gasteiger partial charge in [0.05, 0.1) is 0 Å². The van der Waals surface area contributed by atoms with Crippen LogP contribution < -0.4 is 10.6 Å². The molecule has 1 aromatic heterocycles. The quantitative estimate of drug-likeness (QED) is 0.568. The molecule has 0 radical (unpaired) electrons. The minimum Gasteiger partial charge on any atom is -0.477 e. The predicted molar refractivity (Wildman–Crippen MR) is 57.5 cm³/mol. The molecular weight excluding hydrogens is 228 g/mol. The maximum atomic E-state index is 11.5. The third kappa shape index (κ3) is 3.59. The standard InChI is InChI=1S/C9H12N4O4/c1-4(10-5(2)14)8(15)11-7-3-6(9(16)17)12-13-7/h3-4H,1-2H3,(H,10,14)(H,16,17)(H2,11,12,13,15). The third-order valence-corrected chi connectivity index (χ3v) is 1.87. The zero-order valence-corrected chi connectivity index (χ0v) is 9.27. The molecule has 4 N–H and O–H groups in total. The molecule has 0 saturated heterocycles. The van der Waals surface area contributed by atoms with Crippen LogP contribution in [0.25, 0.3) is 0 Å². The van der Waals surface area contributed by atoms with Crippen molar-refractivity contribution in [2.45, 2.75) is 19.9 Å². The Morgan fingerprint density at radius 2 is 2.12 bits per heavy atom. The minimum atomic E-state index is -1.17. The lowest BCUT2D eigenvalue weighted by Crippen LogP contribution is -2.40. The zero-order valence-electron chi connectivity index (χ0n) is 9.27. The lowest BCUT2D eigenvalue weighted by atomic mass is 10.3. The summed E-state index contributed by atoms with van der Waals surface area (Å²) in [4.78, 5) is 32.8. The number of carbonyl (C=O) groups is 3. The minimum absolute atomic E-state index is 0.0876. The van der Waals surface area contributed by atoms with Gasteiger partial charge in [0.25, 0.3) is 0 Å². The van der Waals surface area contributed by atoms with Crippen LogP contribution in [0.3, 0.4) is 0 Å². The summed E-state index contributed by atoms with van der Waals surface area (Å²) in [5.74, 6) is -1.90. The van der Waals surface area contributed by atoms with Crippen molar-refractivity contribution in [3.8, 4) is 0 Å². The number of hydrogen-bond acceptors (Lipinski definition) is 4. The van der Waals surface area contributed by atoms with Gasteiger partial charge in [-0.2, -0.15) is 5.10 Å². The summed E-state index contributed by atoms with van der Waals surface area (Å²) in [5, 5.41) is 19.2. The average molecular weight is 240 g/mol. The number of hydrogen-bond donors (Lipinski definition) is 4. The van der Waals surface area contributed by atoms with E-state index in [4.69, 9.17) is 5.11 Å². The Bertz CT molecular complexity index is 454. The van der Waals surface area contributed by atoms with Gasteiger partial charge in [-0.05, 0) is 6.92 Å². The van der Waals surface area contributed by atoms with Crippen molar-refractivity contribution in [2.24, 2.45) is 0 Å². The Kier molecular flexibility index (Phi) is 3.81. The number of rotatable bonds is 4. The van der Waals surface area contributed by atoms with Crippen molar-refractivity contribution in [1.29, 1.82) is 0 Å². The number of anilines is 1. The number of nitrogens with zero attached hydrogens (tertiary/aromatic N) is 1. The van der Waals surface area contributed by atoms with Crippen molar-refractivity contribution in [1.82, 2.24) is 15.5 Å². The highest BCUT2D eigenvalue weighted by molar-refractivity contribution is 5.96. The van der Waals surface area contributed by atoms with E-state index in [-0.39, 0.29) is 17.4 Å². The number of aromatic carboxylic acids is 1. The lowest BCUT2D eigenvalue weighted by Gasteiger charge is -2.10. The normalized spacial score (nSPS) is 11.6. The molecule has 17 heavy (non-hydrogen) atoms. The topological polar surface area (TPSA) is 124 Å². The molecule has 0 saturated carbocycles. The van der Waals surface area contributed by atoms with E-state index in [0.717, 1.165) is 0 Å². The molecule has 0 fully saturated rings. The summed E-state index contributed by atoms with van der Waals surface area (Å²) >= 11 is 0. The maximum Gasteiger partial charge on any atom is 0.353 e. The number of aromatic amines is 1. The van der Waals surface area contributed by atoms with E-state index in [1.54, 1.807) is 0 Å². The van der Waals surface area contributed by atoms with Gasteiger partial charge in [-0.25, -0.2) is 4.79 Å². The molecule has 0 aliphatic heterocycles. The summed E-state index contributed by atoms with van der Waals surface area (Å²) in [6.45, 7) is 2.79. The lowest BCUT2D eigenvalue weighted by molar-refractivity contribution is -0.124. The molecule has 1 heterocycles. The number of carboxylic acid groups (broad SMARTS) is 1. The number of H-pyrrole nitrogens is 1. The van der Waals surface area contributed by atoms with Crippen LogP contribution in [0.1, 0.15) is 24.3 Å². The second-order valence-corrected chi connectivity index (χ2v) is 3.38. The number of nitrogens with one attached hydrogen (secondary N) is 3. The fourth-order valence-corrected chi connectivity index (χ4v) is 1.10. The first kappa shape index (κ1) is 12.7. The van der Waals surface area contributed by atoms with Gasteiger partial charge >= 0.3 is 5.97 Å². The first-order chi connectivity index (χ1) is 7.90. The average Bonchev–Trinajstić information content (AvgIpc) is 2.65. The number of carbonyl (C=O) groups excluding carboxylic acids is 2. The molecule has 1 unspecified atom stereocenters. The zero-order chi connectivity index (χ0) is 13.0. The Morgan fingerprint density at radius 3 is 2.59 bits per heavy atom. The molecule has 2 amide bonds. The molecule has 8 heteroatoms. The van der Waals surface area contributed by atoms with Crippen LogP contribution >= 0.6 is 0 Å². The van der Waals surface area contributed by atoms with Gasteiger partial charge in [0, 0.05) is 13.0 Å². The molecular formula is C9H12N4O4. The van der Waals surface area contributed by atoms with E-state index in [0.29, 0.717) is 0 Å². The van der Waals surface area contributed by atoms with E-state index < -0.39 is 17.9 Å². The van der Waals surface area contributed by atoms with Crippen LogP contribution in [-0.4, -0.2) is 39.1 Å². The van der Waals surface area contributed by atoms with Crippen LogP contribution in [0.15, 0.2) is 6.07 Å². The Morgan fingerprint density at radius 1 is 1.47 bits per heavy atom. The molecule has 0 aliphatic rings. The Hall–Kier alpha value is -2.38. The molecule has 1 aromatic rings. The van der Waals surface area contributed by atoms with Crippen LogP contribution in [-0.2, 0) is 9.59 Å². The van der Waals surface area contributed by atoms with Gasteiger partial charge in [-0.1, -0.05) is 0 Å². The highest BCUT2D eigenvalue weighted by atomic mass is 16.4. The predicted octanol–water partition coefficient (Wildman–Crippen LogP) is -0.429. The molecule has 8 nitrogen and oxygen atoms in total. The summed E-state index contributed by atoms with van der Waals surface area (Å²) in [7, 11) is 0. The fourth-order valence-electron chi connectivity index (χ4n) is 1.10. The Balaban J connectivity index is 2.61. The van der Waals surface area contributed by atoms with E-state index in [1.807, 2.05) is 0 Å². The van der Waals surface area contributed by atoms with Gasteiger partial charge in [0.2, 0.25) is 11.8 Å². The number of aromatic nitrogens is 2. The van der Waals surface area contributed by atoms with Crippen molar-refractivity contribution in [3.05, 3.63) is 11.8 Å². The highest BCUT2D eigenvalue weighted by Crippen LogP contribution is 2.05. The van der Waals surface area contributed by atoms with Gasteiger partial charge < -0.3 is 15.7 Å². The molecule has 0 bridgehead atoms. The first-order valence-corrected chi connectivity index (χ1v) is 4.77. The van der Waals surface area contributed by atoms with Crippen LogP contribution in [0.5, 0.6) is 0 Å². The molecule has 92 valence electrons. The van der Waals surface area contributed by atoms with Crippen LogP contribution in [0.2, 0.25) is 0 Å². The SMILES string of the molecule is CC(=O)NC(C)C(=O)Nc1cc(C(=O)O)[nH]n1. The van der Waals surface area contributed by atoms with Gasteiger partial charge in [-0.3, -0.25) is 14.7 Å².